The van der Waals surface area contributed by atoms with Gasteiger partial charge in [0.1, 0.15) is 22.5 Å². The van der Waals surface area contributed by atoms with Crippen LogP contribution < -0.4 is 28.3 Å². The van der Waals surface area contributed by atoms with E-state index in [4.69, 9.17) is 34.5 Å². The van der Waals surface area contributed by atoms with Crippen molar-refractivity contribution in [1.82, 2.24) is 10.2 Å². The van der Waals surface area contributed by atoms with Crippen molar-refractivity contribution in [3.8, 4) is 0 Å². The number of rotatable bonds is 6. The number of aliphatic hydroxyl groups excluding tert-OH is 1. The van der Waals surface area contributed by atoms with Crippen molar-refractivity contribution < 1.29 is 9.90 Å². The van der Waals surface area contributed by atoms with Gasteiger partial charge in [-0.1, -0.05) is 49.2 Å². The van der Waals surface area contributed by atoms with Gasteiger partial charge in [0.25, 0.3) is 5.91 Å². The summed E-state index contributed by atoms with van der Waals surface area (Å²) in [7, 11) is 0. The molecule has 1 heterocycles. The third-order valence-electron chi connectivity index (χ3n) is 4.07. The van der Waals surface area contributed by atoms with Gasteiger partial charge in [-0.25, -0.2) is 9.89 Å². The number of hydrogen-bond donors (Lipinski definition) is 6. The Bertz CT molecular complexity index is 802. The second-order valence-electron chi connectivity index (χ2n) is 5.98. The van der Waals surface area contributed by atoms with Crippen LogP contribution in [0, 0.1) is 0 Å². The molecule has 1 aliphatic heterocycles. The number of halogens is 1. The van der Waals surface area contributed by atoms with Gasteiger partial charge in [-0.15, -0.1) is 0 Å². The van der Waals surface area contributed by atoms with Crippen LogP contribution in [0.1, 0.15) is 36.9 Å². The Morgan fingerprint density at radius 1 is 1.26 bits per heavy atom. The average Bonchev–Trinajstić information content (AvgIpc) is 2.64. The topological polar surface area (TPSA) is 169 Å². The molecular formula is C17H24ClN7O2. The number of nitrogens with zero attached hydrogens (tertiary/aromatic N) is 2. The predicted molar refractivity (Wildman–Crippen MR) is 104 cm³/mol. The van der Waals surface area contributed by atoms with Gasteiger partial charge in [0.2, 0.25) is 5.96 Å². The molecule has 1 amide bonds. The highest BCUT2D eigenvalue weighted by Gasteiger charge is 2.29. The Labute approximate surface area is 162 Å². The van der Waals surface area contributed by atoms with Crippen molar-refractivity contribution >= 4 is 23.5 Å². The minimum Gasteiger partial charge on any atom is -0.392 e. The molecule has 0 spiro atoms. The first-order valence-corrected chi connectivity index (χ1v) is 8.72. The fourth-order valence-electron chi connectivity index (χ4n) is 2.65. The third-order valence-corrected chi connectivity index (χ3v) is 4.36. The number of aliphatic hydroxyl groups is 1. The van der Waals surface area contributed by atoms with E-state index in [1.165, 1.54) is 4.90 Å². The van der Waals surface area contributed by atoms with Crippen LogP contribution in [0.25, 0.3) is 0 Å². The molecule has 0 radical (unpaired) electrons. The summed E-state index contributed by atoms with van der Waals surface area (Å²) >= 11 is 6.03. The number of carbonyl (C=O) groups is 1. The number of amides is 1. The molecular weight excluding hydrogens is 370 g/mol. The highest BCUT2D eigenvalue weighted by Crippen LogP contribution is 2.26. The zero-order chi connectivity index (χ0) is 20.1. The van der Waals surface area contributed by atoms with Crippen LogP contribution in [0.2, 0.25) is 0 Å². The first kappa shape index (κ1) is 20.4. The van der Waals surface area contributed by atoms with E-state index in [1.54, 1.807) is 0 Å². The summed E-state index contributed by atoms with van der Waals surface area (Å²) in [6.07, 6.45) is 1.57. The van der Waals surface area contributed by atoms with Crippen LogP contribution in [0.15, 0.2) is 51.8 Å². The number of benzene rings is 1. The van der Waals surface area contributed by atoms with E-state index in [-0.39, 0.29) is 41.1 Å². The molecule has 9 nitrogen and oxygen atoms in total. The van der Waals surface area contributed by atoms with Crippen molar-refractivity contribution in [3.63, 3.8) is 0 Å². The standard InChI is InChI=1S/C17H24ClN7O2/c1-2-3-11(10-6-4-9(8-26)5-7-10)23-17(22)25-14(19)12(16(21)27)24-13(18)15(25)20/h4-7,11,24,26H,2-3,8,19-20H2,1H3,(H2,21,27)(H2,22,23). The lowest BCUT2D eigenvalue weighted by molar-refractivity contribution is -0.115. The average molecular weight is 394 g/mol. The van der Waals surface area contributed by atoms with Crippen LogP contribution in [-0.2, 0) is 11.4 Å². The highest BCUT2D eigenvalue weighted by molar-refractivity contribution is 6.30. The fraction of sp³-hybridized carbons (Fsp3) is 0.294. The van der Waals surface area contributed by atoms with Gasteiger partial charge in [-0.2, -0.15) is 0 Å². The molecule has 0 bridgehead atoms. The first-order chi connectivity index (χ1) is 12.8. The summed E-state index contributed by atoms with van der Waals surface area (Å²) in [6, 6.07) is 7.12. The molecule has 1 unspecified atom stereocenters. The molecule has 10 N–H and O–H groups in total. The Kier molecular flexibility index (Phi) is 6.54. The van der Waals surface area contributed by atoms with E-state index < -0.39 is 5.91 Å². The summed E-state index contributed by atoms with van der Waals surface area (Å²) in [4.78, 5) is 17.3. The molecule has 1 atom stereocenters. The third kappa shape index (κ3) is 4.44. The summed E-state index contributed by atoms with van der Waals surface area (Å²) in [5.41, 5.74) is 25.0. The lowest BCUT2D eigenvalue weighted by Crippen LogP contribution is -2.49. The number of carbonyl (C=O) groups excluding carboxylic acids is 1. The minimum absolute atomic E-state index is 0.00583. The van der Waals surface area contributed by atoms with Crippen molar-refractivity contribution in [2.24, 2.45) is 27.9 Å². The Morgan fingerprint density at radius 2 is 1.89 bits per heavy atom. The molecule has 1 aliphatic rings. The first-order valence-electron chi connectivity index (χ1n) is 8.35. The fourth-order valence-corrected chi connectivity index (χ4v) is 2.83. The van der Waals surface area contributed by atoms with Crippen LogP contribution >= 0.6 is 11.6 Å². The lowest BCUT2D eigenvalue weighted by Gasteiger charge is -2.31. The molecule has 0 aromatic heterocycles. The lowest BCUT2D eigenvalue weighted by atomic mass is 10.0. The molecule has 0 fully saturated rings. The van der Waals surface area contributed by atoms with Crippen molar-refractivity contribution in [2.75, 3.05) is 0 Å². The van der Waals surface area contributed by atoms with Gasteiger partial charge in [-0.3, -0.25) is 4.79 Å². The number of primary amides is 1. The van der Waals surface area contributed by atoms with Crippen LogP contribution in [0.4, 0.5) is 0 Å². The van der Waals surface area contributed by atoms with Gasteiger partial charge in [-0.05, 0) is 17.5 Å². The quantitative estimate of drug-likeness (QED) is 0.227. The zero-order valence-electron chi connectivity index (χ0n) is 14.9. The maximum absolute atomic E-state index is 11.6. The van der Waals surface area contributed by atoms with E-state index in [2.05, 4.69) is 10.3 Å². The minimum atomic E-state index is -0.805. The second-order valence-corrected chi connectivity index (χ2v) is 6.35. The highest BCUT2D eigenvalue weighted by atomic mass is 35.5. The molecule has 146 valence electrons. The van der Waals surface area contributed by atoms with Gasteiger partial charge in [0.05, 0.1) is 12.6 Å². The number of nitrogens with two attached hydrogens (primary N) is 4. The number of nitrogens with one attached hydrogen (secondary N) is 1. The summed E-state index contributed by atoms with van der Waals surface area (Å²) in [5.74, 6) is -0.906. The number of aliphatic imine (C=N–C) groups is 1. The van der Waals surface area contributed by atoms with E-state index in [0.717, 1.165) is 24.0 Å². The summed E-state index contributed by atoms with van der Waals surface area (Å²) in [5, 5.41) is 11.7. The van der Waals surface area contributed by atoms with Gasteiger partial charge < -0.3 is 33.4 Å². The van der Waals surface area contributed by atoms with Gasteiger partial charge in [0.15, 0.2) is 0 Å². The van der Waals surface area contributed by atoms with E-state index in [0.29, 0.717) is 0 Å². The van der Waals surface area contributed by atoms with Gasteiger partial charge >= 0.3 is 0 Å². The second kappa shape index (κ2) is 8.65. The molecule has 10 heteroatoms. The monoisotopic (exact) mass is 393 g/mol. The number of hydrogen-bond acceptors (Lipinski definition) is 6. The predicted octanol–water partition coefficient (Wildman–Crippen LogP) is 0.177. The Morgan fingerprint density at radius 3 is 2.41 bits per heavy atom. The molecule has 2 rings (SSSR count). The Balaban J connectivity index is 2.43. The largest absolute Gasteiger partial charge is 0.392 e. The smallest absolute Gasteiger partial charge is 0.268 e. The van der Waals surface area contributed by atoms with E-state index >= 15 is 0 Å². The summed E-state index contributed by atoms with van der Waals surface area (Å²) < 4.78 is 0. The van der Waals surface area contributed by atoms with Crippen molar-refractivity contribution in [2.45, 2.75) is 32.4 Å². The van der Waals surface area contributed by atoms with Crippen LogP contribution in [-0.4, -0.2) is 21.9 Å². The number of guanidine groups is 1. The Hall–Kier alpha value is -2.91. The molecule has 1 aromatic rings. The maximum Gasteiger partial charge on any atom is 0.268 e. The maximum atomic E-state index is 11.6. The SMILES string of the molecule is CCCC(N=C(N)N1C(N)=C(Cl)NC(C(N)=O)=C1N)c1ccc(CO)cc1. The summed E-state index contributed by atoms with van der Waals surface area (Å²) in [6.45, 7) is 1.98. The van der Waals surface area contributed by atoms with Crippen LogP contribution in [0.5, 0.6) is 0 Å². The van der Waals surface area contributed by atoms with Gasteiger partial charge in [0, 0.05) is 0 Å². The molecule has 0 saturated heterocycles. The van der Waals surface area contributed by atoms with Crippen molar-refractivity contribution in [1.29, 1.82) is 0 Å². The molecule has 0 saturated carbocycles. The molecule has 0 aliphatic carbocycles. The normalized spacial score (nSPS) is 16.4. The molecule has 1 aromatic carbocycles. The van der Waals surface area contributed by atoms with E-state index in [9.17, 15) is 9.90 Å². The zero-order valence-corrected chi connectivity index (χ0v) is 15.7. The molecule has 27 heavy (non-hydrogen) atoms. The van der Waals surface area contributed by atoms with Crippen molar-refractivity contribution in [3.05, 3.63) is 57.9 Å². The van der Waals surface area contributed by atoms with Crippen LogP contribution in [0.3, 0.4) is 0 Å². The van der Waals surface area contributed by atoms with E-state index in [1.807, 2.05) is 31.2 Å².